The molecule has 0 radical (unpaired) electrons. The van der Waals surface area contributed by atoms with Gasteiger partial charge in [-0.15, -0.1) is 0 Å². The standard InChI is InChI=1S/C53H33NO/c1-2-12-33(13-3-1)35-16-10-17-38(30-35)54-48-28-25-37(32-47(48)44-27-29-50-52(53(44)54)45-21-8-9-23-49(45)55-50)36-24-26-43-46(31-36)40-19-6-7-20-42(40)51(43)41-22-11-15-34-14-4-5-18-39(34)41/h1-32,51H. The van der Waals surface area contributed by atoms with E-state index < -0.39 is 0 Å². The van der Waals surface area contributed by atoms with Crippen LogP contribution in [0.3, 0.4) is 0 Å². The van der Waals surface area contributed by atoms with E-state index >= 15 is 0 Å². The molecule has 1 atom stereocenters. The van der Waals surface area contributed by atoms with E-state index in [2.05, 4.69) is 193 Å². The maximum absolute atomic E-state index is 6.46. The van der Waals surface area contributed by atoms with Gasteiger partial charge >= 0.3 is 0 Å². The predicted octanol–water partition coefficient (Wildman–Crippen LogP) is 14.3. The second kappa shape index (κ2) is 11.7. The van der Waals surface area contributed by atoms with E-state index in [1.165, 1.54) is 82.6 Å². The topological polar surface area (TPSA) is 18.1 Å². The zero-order chi connectivity index (χ0) is 36.0. The number of hydrogen-bond acceptors (Lipinski definition) is 1. The Labute approximate surface area is 318 Å². The van der Waals surface area contributed by atoms with Gasteiger partial charge < -0.3 is 8.98 Å². The van der Waals surface area contributed by atoms with Crippen molar-refractivity contribution in [3.05, 3.63) is 211 Å². The number of para-hydroxylation sites is 1. The molecule has 2 nitrogen and oxygen atoms in total. The quantitative estimate of drug-likeness (QED) is 0.179. The SMILES string of the molecule is c1ccc(-c2cccc(-n3c4ccc(-c5ccc6c(c5)-c5ccccc5C6c5cccc6ccccc56)cc4c4ccc5oc6ccccc6c5c43)c2)cc1. The predicted molar refractivity (Wildman–Crippen MR) is 229 cm³/mol. The molecule has 0 saturated carbocycles. The second-order valence-electron chi connectivity index (χ2n) is 14.8. The molecule has 0 spiro atoms. The fourth-order valence-corrected chi connectivity index (χ4v) is 9.44. The van der Waals surface area contributed by atoms with Crippen molar-refractivity contribution in [1.29, 1.82) is 0 Å². The van der Waals surface area contributed by atoms with Gasteiger partial charge in [0.05, 0.1) is 16.4 Å². The Morgan fingerprint density at radius 1 is 0.382 bits per heavy atom. The van der Waals surface area contributed by atoms with Gasteiger partial charge in [0.25, 0.3) is 0 Å². The van der Waals surface area contributed by atoms with E-state index in [4.69, 9.17) is 4.42 Å². The summed E-state index contributed by atoms with van der Waals surface area (Å²) in [5, 5.41) is 7.30. The Hall–Kier alpha value is -7.16. The highest BCUT2D eigenvalue weighted by Gasteiger charge is 2.31. The van der Waals surface area contributed by atoms with E-state index in [1.807, 2.05) is 6.07 Å². The Morgan fingerprint density at radius 2 is 1.07 bits per heavy atom. The summed E-state index contributed by atoms with van der Waals surface area (Å²) < 4.78 is 8.90. The number of nitrogens with zero attached hydrogens (tertiary/aromatic N) is 1. The van der Waals surface area contributed by atoms with Crippen LogP contribution in [0.15, 0.2) is 199 Å². The summed E-state index contributed by atoms with van der Waals surface area (Å²) in [6.45, 7) is 0. The monoisotopic (exact) mass is 699 g/mol. The van der Waals surface area contributed by atoms with Crippen molar-refractivity contribution in [2.75, 3.05) is 0 Å². The highest BCUT2D eigenvalue weighted by molar-refractivity contribution is 6.24. The minimum atomic E-state index is 0.186. The molecule has 0 N–H and O–H groups in total. The molecule has 1 unspecified atom stereocenters. The molecule has 11 aromatic rings. The van der Waals surface area contributed by atoms with Gasteiger partial charge in [-0.05, 0) is 109 Å². The largest absolute Gasteiger partial charge is 0.456 e. The first-order valence-electron chi connectivity index (χ1n) is 19.0. The Morgan fingerprint density at radius 3 is 2.02 bits per heavy atom. The lowest BCUT2D eigenvalue weighted by Gasteiger charge is -2.17. The molecule has 0 aliphatic heterocycles. The third kappa shape index (κ3) is 4.49. The fourth-order valence-electron chi connectivity index (χ4n) is 9.44. The van der Waals surface area contributed by atoms with Crippen molar-refractivity contribution in [1.82, 2.24) is 4.57 Å². The maximum Gasteiger partial charge on any atom is 0.137 e. The van der Waals surface area contributed by atoms with Crippen LogP contribution < -0.4 is 0 Å². The Bertz CT molecular complexity index is 3320. The van der Waals surface area contributed by atoms with Gasteiger partial charge in [-0.2, -0.15) is 0 Å². The molecule has 12 rings (SSSR count). The summed E-state index contributed by atoms with van der Waals surface area (Å²) in [6, 6.07) is 71.0. The second-order valence-corrected chi connectivity index (χ2v) is 14.8. The van der Waals surface area contributed by atoms with Crippen LogP contribution in [0.4, 0.5) is 0 Å². The molecular weight excluding hydrogens is 667 g/mol. The van der Waals surface area contributed by atoms with Gasteiger partial charge in [-0.1, -0.05) is 146 Å². The van der Waals surface area contributed by atoms with Gasteiger partial charge in [-0.3, -0.25) is 0 Å². The average molecular weight is 700 g/mol. The van der Waals surface area contributed by atoms with Crippen molar-refractivity contribution in [2.45, 2.75) is 5.92 Å². The summed E-state index contributed by atoms with van der Waals surface area (Å²) in [7, 11) is 0. The number of rotatable bonds is 4. The van der Waals surface area contributed by atoms with Crippen molar-refractivity contribution >= 4 is 54.5 Å². The van der Waals surface area contributed by atoms with E-state index in [1.54, 1.807) is 0 Å². The molecule has 1 aliphatic carbocycles. The van der Waals surface area contributed by atoms with E-state index in [0.29, 0.717) is 0 Å². The average Bonchev–Trinajstić information content (AvgIpc) is 3.91. The normalized spacial score (nSPS) is 13.6. The molecule has 2 heterocycles. The van der Waals surface area contributed by atoms with Crippen LogP contribution in [0, 0.1) is 0 Å². The van der Waals surface area contributed by atoms with Crippen LogP contribution >= 0.6 is 0 Å². The summed E-state index contributed by atoms with van der Waals surface area (Å²) in [4.78, 5) is 0. The fraction of sp³-hybridized carbons (Fsp3) is 0.0189. The Balaban J connectivity index is 1.08. The lowest BCUT2D eigenvalue weighted by Crippen LogP contribution is -2.00. The number of benzene rings is 9. The minimum Gasteiger partial charge on any atom is -0.456 e. The summed E-state index contributed by atoms with van der Waals surface area (Å²) in [5.41, 5.74) is 16.8. The van der Waals surface area contributed by atoms with Crippen molar-refractivity contribution in [3.63, 3.8) is 0 Å². The molecule has 9 aromatic carbocycles. The van der Waals surface area contributed by atoms with Crippen LogP contribution in [0.1, 0.15) is 22.6 Å². The number of furan rings is 1. The first kappa shape index (κ1) is 30.3. The smallest absolute Gasteiger partial charge is 0.137 e. The van der Waals surface area contributed by atoms with Crippen LogP contribution in [0.25, 0.3) is 93.6 Å². The lowest BCUT2D eigenvalue weighted by molar-refractivity contribution is 0.669. The molecule has 2 heteroatoms. The van der Waals surface area contributed by atoms with Gasteiger partial charge in [-0.25, -0.2) is 0 Å². The number of aromatic nitrogens is 1. The zero-order valence-corrected chi connectivity index (χ0v) is 29.9. The lowest BCUT2D eigenvalue weighted by atomic mass is 9.86. The third-order valence-electron chi connectivity index (χ3n) is 11.9. The molecule has 0 bridgehead atoms. The van der Waals surface area contributed by atoms with Crippen LogP contribution in [0.2, 0.25) is 0 Å². The van der Waals surface area contributed by atoms with Gasteiger partial charge in [0.2, 0.25) is 0 Å². The van der Waals surface area contributed by atoms with E-state index in [0.717, 1.165) is 27.6 Å². The minimum absolute atomic E-state index is 0.186. The van der Waals surface area contributed by atoms with Crippen molar-refractivity contribution in [3.8, 4) is 39.1 Å². The maximum atomic E-state index is 6.46. The van der Waals surface area contributed by atoms with Crippen LogP contribution in [-0.4, -0.2) is 4.57 Å². The summed E-state index contributed by atoms with van der Waals surface area (Å²) in [5.74, 6) is 0.186. The van der Waals surface area contributed by atoms with Gasteiger partial charge in [0.15, 0.2) is 0 Å². The van der Waals surface area contributed by atoms with Gasteiger partial charge in [0, 0.05) is 27.8 Å². The highest BCUT2D eigenvalue weighted by atomic mass is 16.3. The molecule has 55 heavy (non-hydrogen) atoms. The molecule has 256 valence electrons. The zero-order valence-electron chi connectivity index (χ0n) is 29.9. The molecule has 1 aliphatic rings. The summed E-state index contributed by atoms with van der Waals surface area (Å²) >= 11 is 0. The highest BCUT2D eigenvalue weighted by Crippen LogP contribution is 2.51. The molecule has 0 fully saturated rings. The first-order chi connectivity index (χ1) is 27.3. The summed E-state index contributed by atoms with van der Waals surface area (Å²) in [6.07, 6.45) is 0. The van der Waals surface area contributed by atoms with Crippen LogP contribution in [-0.2, 0) is 0 Å². The molecule has 0 amide bonds. The molecule has 2 aromatic heterocycles. The van der Waals surface area contributed by atoms with E-state index in [9.17, 15) is 0 Å². The molecule has 0 saturated heterocycles. The van der Waals surface area contributed by atoms with Crippen molar-refractivity contribution in [2.24, 2.45) is 0 Å². The van der Waals surface area contributed by atoms with Crippen molar-refractivity contribution < 1.29 is 4.42 Å². The molecular formula is C53H33NO. The van der Waals surface area contributed by atoms with E-state index in [-0.39, 0.29) is 5.92 Å². The third-order valence-corrected chi connectivity index (χ3v) is 11.9. The van der Waals surface area contributed by atoms with Gasteiger partial charge in [0.1, 0.15) is 11.2 Å². The Kier molecular flexibility index (Phi) is 6.43. The van der Waals surface area contributed by atoms with Crippen LogP contribution in [0.5, 0.6) is 0 Å². The first-order valence-corrected chi connectivity index (χ1v) is 19.0. The number of hydrogen-bond donors (Lipinski definition) is 0. The number of fused-ring (bicyclic) bond motifs is 11.